The Morgan fingerprint density at radius 2 is 1.70 bits per heavy atom. The molecular formula is C18H20N2. The van der Waals surface area contributed by atoms with E-state index in [1.54, 1.807) is 0 Å². The van der Waals surface area contributed by atoms with E-state index >= 15 is 0 Å². The van der Waals surface area contributed by atoms with Crippen molar-refractivity contribution in [1.29, 1.82) is 0 Å². The van der Waals surface area contributed by atoms with Gasteiger partial charge >= 0.3 is 0 Å². The Labute approximate surface area is 120 Å². The molecule has 0 aromatic heterocycles. The van der Waals surface area contributed by atoms with Gasteiger partial charge < -0.3 is 4.90 Å². The second kappa shape index (κ2) is 5.49. The molecule has 1 heterocycles. The van der Waals surface area contributed by atoms with Crippen molar-refractivity contribution in [2.75, 3.05) is 4.90 Å². The predicted molar refractivity (Wildman–Crippen MR) is 85.4 cm³/mol. The van der Waals surface area contributed by atoms with E-state index in [1.165, 1.54) is 22.5 Å². The summed E-state index contributed by atoms with van der Waals surface area (Å²) in [6.45, 7) is 5.25. The Morgan fingerprint density at radius 1 is 1.00 bits per heavy atom. The highest BCUT2D eigenvalue weighted by Crippen LogP contribution is 2.30. The zero-order valence-corrected chi connectivity index (χ0v) is 12.1. The molecule has 102 valence electrons. The molecule has 0 spiro atoms. The summed E-state index contributed by atoms with van der Waals surface area (Å²) in [7, 11) is 0. The maximum atomic E-state index is 4.86. The first-order chi connectivity index (χ1) is 9.79. The molecule has 0 aliphatic carbocycles. The van der Waals surface area contributed by atoms with Gasteiger partial charge in [-0.1, -0.05) is 55.5 Å². The molecule has 2 heteroatoms. The van der Waals surface area contributed by atoms with Crippen LogP contribution in [0.1, 0.15) is 31.4 Å². The summed E-state index contributed by atoms with van der Waals surface area (Å²) >= 11 is 0. The maximum Gasteiger partial charge on any atom is 0.118 e. The lowest BCUT2D eigenvalue weighted by Crippen LogP contribution is -2.36. The van der Waals surface area contributed by atoms with Crippen molar-refractivity contribution >= 4 is 11.4 Å². The van der Waals surface area contributed by atoms with Crippen molar-refractivity contribution in [3.63, 3.8) is 0 Å². The van der Waals surface area contributed by atoms with Crippen LogP contribution in [-0.2, 0) is 6.54 Å². The summed E-state index contributed by atoms with van der Waals surface area (Å²) in [6, 6.07) is 19.2. The van der Waals surface area contributed by atoms with Crippen molar-refractivity contribution in [2.45, 2.75) is 33.0 Å². The molecule has 2 aromatic carbocycles. The second-order valence-electron chi connectivity index (χ2n) is 5.19. The number of benzene rings is 2. The highest BCUT2D eigenvalue weighted by Gasteiger charge is 2.23. The second-order valence-corrected chi connectivity index (χ2v) is 5.19. The zero-order valence-electron chi connectivity index (χ0n) is 12.1. The molecular weight excluding hydrogens is 244 g/mol. The summed E-state index contributed by atoms with van der Waals surface area (Å²) in [5.74, 6) is 0. The smallest absolute Gasteiger partial charge is 0.118 e. The van der Waals surface area contributed by atoms with Crippen LogP contribution in [0.4, 0.5) is 5.69 Å². The number of fused-ring (bicyclic) bond motifs is 1. The molecule has 2 aromatic rings. The number of rotatable bonds is 3. The lowest BCUT2D eigenvalue weighted by Gasteiger charge is -2.35. The quantitative estimate of drug-likeness (QED) is 0.809. The minimum absolute atomic E-state index is 0.194. The largest absolute Gasteiger partial charge is 0.345 e. The summed E-state index contributed by atoms with van der Waals surface area (Å²) in [5, 5.41) is 0. The van der Waals surface area contributed by atoms with E-state index in [1.807, 2.05) is 0 Å². The summed E-state index contributed by atoms with van der Waals surface area (Å²) in [6.07, 6.45) is 1.18. The van der Waals surface area contributed by atoms with E-state index in [2.05, 4.69) is 73.3 Å². The van der Waals surface area contributed by atoms with Gasteiger partial charge in [0.05, 0.1) is 0 Å². The molecule has 1 unspecified atom stereocenters. The van der Waals surface area contributed by atoms with Gasteiger partial charge in [-0.25, -0.2) is 0 Å². The van der Waals surface area contributed by atoms with Crippen molar-refractivity contribution in [2.24, 2.45) is 4.99 Å². The van der Waals surface area contributed by atoms with E-state index in [0.29, 0.717) is 0 Å². The molecule has 0 N–H and O–H groups in total. The molecule has 1 atom stereocenters. The van der Waals surface area contributed by atoms with Gasteiger partial charge in [0.1, 0.15) is 6.17 Å². The predicted octanol–water partition coefficient (Wildman–Crippen LogP) is 4.25. The molecule has 0 saturated carbocycles. The van der Waals surface area contributed by atoms with Gasteiger partial charge in [-0.15, -0.1) is 0 Å². The zero-order chi connectivity index (χ0) is 13.9. The van der Waals surface area contributed by atoms with E-state index in [4.69, 9.17) is 4.99 Å². The number of aliphatic imine (C=N–C) groups is 1. The fraction of sp³-hybridized carbons (Fsp3) is 0.278. The molecule has 0 fully saturated rings. The third kappa shape index (κ3) is 2.34. The van der Waals surface area contributed by atoms with Crippen LogP contribution in [-0.4, -0.2) is 11.9 Å². The van der Waals surface area contributed by atoms with Crippen molar-refractivity contribution in [1.82, 2.24) is 0 Å². The first-order valence-corrected chi connectivity index (χ1v) is 7.26. The summed E-state index contributed by atoms with van der Waals surface area (Å²) in [5.41, 5.74) is 5.13. The highest BCUT2D eigenvalue weighted by molar-refractivity contribution is 6.06. The number of nitrogens with zero attached hydrogens (tertiary/aromatic N) is 2. The van der Waals surface area contributed by atoms with Gasteiger partial charge in [-0.05, 0) is 25.0 Å². The molecule has 3 rings (SSSR count). The van der Waals surface area contributed by atoms with Crippen LogP contribution in [0.15, 0.2) is 59.6 Å². The monoisotopic (exact) mass is 264 g/mol. The molecule has 1 aliphatic rings. The van der Waals surface area contributed by atoms with Crippen LogP contribution in [0, 0.1) is 0 Å². The molecule has 20 heavy (non-hydrogen) atoms. The minimum atomic E-state index is 0.194. The van der Waals surface area contributed by atoms with Crippen LogP contribution >= 0.6 is 0 Å². The van der Waals surface area contributed by atoms with Crippen LogP contribution in [0.2, 0.25) is 0 Å². The van der Waals surface area contributed by atoms with Gasteiger partial charge in [0.2, 0.25) is 0 Å². The van der Waals surface area contributed by atoms with Gasteiger partial charge in [0.25, 0.3) is 0 Å². The Kier molecular flexibility index (Phi) is 3.55. The third-order valence-corrected chi connectivity index (χ3v) is 3.85. The number of hydrogen-bond acceptors (Lipinski definition) is 2. The lowest BCUT2D eigenvalue weighted by atomic mass is 10.0. The highest BCUT2D eigenvalue weighted by atomic mass is 15.3. The Balaban J connectivity index is 1.98. The van der Waals surface area contributed by atoms with Crippen LogP contribution in [0.3, 0.4) is 0 Å². The van der Waals surface area contributed by atoms with E-state index in [9.17, 15) is 0 Å². The summed E-state index contributed by atoms with van der Waals surface area (Å²) < 4.78 is 0. The van der Waals surface area contributed by atoms with Gasteiger partial charge in [-0.2, -0.15) is 0 Å². The number of para-hydroxylation sites is 1. The first-order valence-electron chi connectivity index (χ1n) is 7.26. The topological polar surface area (TPSA) is 15.6 Å². The molecule has 1 aliphatic heterocycles. The number of hydrogen-bond donors (Lipinski definition) is 0. The van der Waals surface area contributed by atoms with Crippen molar-refractivity contribution in [3.05, 3.63) is 65.7 Å². The molecule has 0 amide bonds. The first kappa shape index (κ1) is 12.9. The molecule has 0 bridgehead atoms. The Hall–Kier alpha value is -2.09. The SMILES string of the molecule is CCC1=NC(C)N(Cc2ccccc2)c2ccccc21. The maximum absolute atomic E-state index is 4.86. The molecule has 2 nitrogen and oxygen atoms in total. The Bertz CT molecular complexity index is 616. The fourth-order valence-corrected chi connectivity index (χ4v) is 2.81. The van der Waals surface area contributed by atoms with E-state index < -0.39 is 0 Å². The molecule has 0 saturated heterocycles. The van der Waals surface area contributed by atoms with Gasteiger partial charge in [0.15, 0.2) is 0 Å². The van der Waals surface area contributed by atoms with Crippen molar-refractivity contribution in [3.8, 4) is 0 Å². The number of anilines is 1. The van der Waals surface area contributed by atoms with E-state index in [-0.39, 0.29) is 6.17 Å². The average Bonchev–Trinajstić information content (AvgIpc) is 2.51. The van der Waals surface area contributed by atoms with Gasteiger partial charge in [0, 0.05) is 23.5 Å². The van der Waals surface area contributed by atoms with Crippen LogP contribution < -0.4 is 4.90 Å². The fourth-order valence-electron chi connectivity index (χ4n) is 2.81. The minimum Gasteiger partial charge on any atom is -0.345 e. The van der Waals surface area contributed by atoms with E-state index in [0.717, 1.165) is 13.0 Å². The standard InChI is InChI=1S/C18H20N2/c1-3-17-16-11-7-8-12-18(16)20(14(2)19-17)13-15-9-5-4-6-10-15/h4-12,14H,3,13H2,1-2H3. The van der Waals surface area contributed by atoms with Crippen LogP contribution in [0.25, 0.3) is 0 Å². The third-order valence-electron chi connectivity index (χ3n) is 3.85. The van der Waals surface area contributed by atoms with Crippen molar-refractivity contribution < 1.29 is 0 Å². The summed E-state index contributed by atoms with van der Waals surface area (Å²) in [4.78, 5) is 7.24. The average molecular weight is 264 g/mol. The van der Waals surface area contributed by atoms with Gasteiger partial charge in [-0.3, -0.25) is 4.99 Å². The normalized spacial score (nSPS) is 17.6. The molecule has 0 radical (unpaired) electrons. The lowest BCUT2D eigenvalue weighted by molar-refractivity contribution is 0.649. The Morgan fingerprint density at radius 3 is 2.45 bits per heavy atom. The van der Waals surface area contributed by atoms with Crippen LogP contribution in [0.5, 0.6) is 0 Å².